The smallest absolute Gasteiger partial charge is 0.352 e. The van der Waals surface area contributed by atoms with E-state index in [2.05, 4.69) is 15.5 Å². The Morgan fingerprint density at radius 2 is 2.06 bits per heavy atom. The minimum atomic E-state index is -1.14. The van der Waals surface area contributed by atoms with Crippen molar-refractivity contribution in [2.75, 3.05) is 11.5 Å². The fourth-order valence-corrected chi connectivity index (χ4v) is 6.87. The van der Waals surface area contributed by atoms with Crippen LogP contribution in [0.4, 0.5) is 0 Å². The van der Waals surface area contributed by atoms with Gasteiger partial charge >= 0.3 is 5.97 Å². The lowest BCUT2D eigenvalue weighted by Gasteiger charge is -2.49. The van der Waals surface area contributed by atoms with Crippen LogP contribution in [0.3, 0.4) is 0 Å². The van der Waals surface area contributed by atoms with Gasteiger partial charge < -0.3 is 10.4 Å². The van der Waals surface area contributed by atoms with E-state index in [-0.39, 0.29) is 11.6 Å². The Hall–Kier alpha value is -2.37. The van der Waals surface area contributed by atoms with Crippen LogP contribution in [-0.4, -0.2) is 60.9 Å². The van der Waals surface area contributed by atoms with E-state index >= 15 is 0 Å². The van der Waals surface area contributed by atoms with Gasteiger partial charge in [0.15, 0.2) is 4.34 Å². The molecule has 31 heavy (non-hydrogen) atoms. The zero-order valence-corrected chi connectivity index (χ0v) is 19.5. The lowest BCUT2D eigenvalue weighted by atomic mass is 10.0. The minimum Gasteiger partial charge on any atom is -0.477 e. The minimum absolute atomic E-state index is 0.0134. The van der Waals surface area contributed by atoms with Gasteiger partial charge in [0.2, 0.25) is 0 Å². The van der Waals surface area contributed by atoms with Crippen LogP contribution in [-0.2, 0) is 9.59 Å². The molecule has 1 aromatic heterocycles. The predicted octanol–water partition coefficient (Wildman–Crippen LogP) is 2.61. The van der Waals surface area contributed by atoms with Crippen LogP contribution in [0.5, 0.6) is 0 Å². The molecule has 0 spiro atoms. The standard InChI is InChI=1S/C20H20N4O4S3/c1-9-4-5-13(10(2)6-9)16(25)21-14-17(26)24-15(19(27)28)12(7-29-18(14)24)8-30-20-23-22-11(3)31-20/h4-6,14,18H,7-8H2,1-3H3,(H,21,25)(H,27,28). The molecule has 2 aromatic rings. The number of nitrogens with zero attached hydrogens (tertiary/aromatic N) is 3. The second-order valence-electron chi connectivity index (χ2n) is 7.31. The molecule has 2 unspecified atom stereocenters. The highest BCUT2D eigenvalue weighted by atomic mass is 32.2. The number of aliphatic carboxylic acids is 1. The number of fused-ring (bicyclic) bond motifs is 1. The molecule has 0 radical (unpaired) electrons. The average Bonchev–Trinajstić information content (AvgIpc) is 3.14. The van der Waals surface area contributed by atoms with Crippen LogP contribution in [0.15, 0.2) is 33.8 Å². The highest BCUT2D eigenvalue weighted by Crippen LogP contribution is 2.41. The van der Waals surface area contributed by atoms with Crippen LogP contribution in [0.2, 0.25) is 0 Å². The molecule has 1 aromatic carbocycles. The van der Waals surface area contributed by atoms with Crippen LogP contribution < -0.4 is 5.32 Å². The maximum atomic E-state index is 12.8. The first-order chi connectivity index (χ1) is 14.8. The number of nitrogens with one attached hydrogen (secondary N) is 1. The molecule has 0 aliphatic carbocycles. The number of β-lactam (4-membered cyclic amide) rings is 1. The maximum absolute atomic E-state index is 12.8. The highest BCUT2D eigenvalue weighted by Gasteiger charge is 2.54. The lowest BCUT2D eigenvalue weighted by molar-refractivity contribution is -0.148. The number of carbonyl (C=O) groups is 3. The number of aromatic nitrogens is 2. The van der Waals surface area contributed by atoms with Gasteiger partial charge in [-0.15, -0.1) is 22.0 Å². The van der Waals surface area contributed by atoms with Crippen molar-refractivity contribution in [1.29, 1.82) is 0 Å². The molecule has 4 rings (SSSR count). The molecule has 0 bridgehead atoms. The Labute approximate surface area is 191 Å². The van der Waals surface area contributed by atoms with E-state index in [0.29, 0.717) is 22.6 Å². The van der Waals surface area contributed by atoms with E-state index in [0.717, 1.165) is 20.5 Å². The van der Waals surface area contributed by atoms with E-state index in [9.17, 15) is 19.5 Å². The molecule has 8 nitrogen and oxygen atoms in total. The van der Waals surface area contributed by atoms with Crippen LogP contribution >= 0.6 is 34.9 Å². The average molecular weight is 477 g/mol. The predicted molar refractivity (Wildman–Crippen MR) is 120 cm³/mol. The fraction of sp³-hybridized carbons (Fsp3) is 0.350. The summed E-state index contributed by atoms with van der Waals surface area (Å²) in [6.07, 6.45) is 0. The van der Waals surface area contributed by atoms with Gasteiger partial charge in [-0.25, -0.2) is 4.79 Å². The Bertz CT molecular complexity index is 1110. The van der Waals surface area contributed by atoms with Crippen LogP contribution in [0.1, 0.15) is 26.5 Å². The van der Waals surface area contributed by atoms with Crippen LogP contribution in [0, 0.1) is 20.8 Å². The number of carboxylic acid groups (broad SMARTS) is 1. The van der Waals surface area contributed by atoms with Crippen molar-refractivity contribution in [2.45, 2.75) is 36.5 Å². The van der Waals surface area contributed by atoms with Gasteiger partial charge in [0, 0.05) is 17.1 Å². The number of carbonyl (C=O) groups excluding carboxylic acids is 2. The summed E-state index contributed by atoms with van der Waals surface area (Å²) in [6.45, 7) is 5.65. The summed E-state index contributed by atoms with van der Waals surface area (Å²) in [6, 6.07) is 4.75. The number of carboxylic acids is 1. The molecule has 2 aliphatic heterocycles. The molecule has 2 aliphatic rings. The number of thioether (sulfide) groups is 2. The van der Waals surface area contributed by atoms with Gasteiger partial charge in [-0.05, 0) is 38.0 Å². The third-order valence-electron chi connectivity index (χ3n) is 5.04. The van der Waals surface area contributed by atoms with Crippen molar-refractivity contribution < 1.29 is 19.5 Å². The number of rotatable bonds is 6. The van der Waals surface area contributed by atoms with Crippen molar-refractivity contribution in [2.24, 2.45) is 0 Å². The van der Waals surface area contributed by atoms with Crippen molar-refractivity contribution in [3.8, 4) is 0 Å². The number of benzene rings is 1. The summed E-state index contributed by atoms with van der Waals surface area (Å²) < 4.78 is 0.760. The third kappa shape index (κ3) is 4.21. The van der Waals surface area contributed by atoms with Gasteiger partial charge in [-0.1, -0.05) is 40.8 Å². The Balaban J connectivity index is 1.49. The molecule has 11 heteroatoms. The van der Waals surface area contributed by atoms with Gasteiger partial charge in [-0.3, -0.25) is 14.5 Å². The van der Waals surface area contributed by atoms with Gasteiger partial charge in [0.25, 0.3) is 11.8 Å². The summed E-state index contributed by atoms with van der Waals surface area (Å²) >= 11 is 4.32. The Kier molecular flexibility index (Phi) is 6.09. The zero-order valence-electron chi connectivity index (χ0n) is 17.0. The molecule has 1 saturated heterocycles. The van der Waals surface area contributed by atoms with E-state index in [4.69, 9.17) is 0 Å². The molecule has 1 fully saturated rings. The largest absolute Gasteiger partial charge is 0.477 e. The number of hydrogen-bond acceptors (Lipinski definition) is 8. The molecule has 0 saturated carbocycles. The second-order valence-corrected chi connectivity index (χ2v) is 10.8. The fourth-order valence-electron chi connectivity index (χ4n) is 3.57. The normalized spacial score (nSPS) is 20.4. The van der Waals surface area contributed by atoms with E-state index in [1.165, 1.54) is 39.8 Å². The van der Waals surface area contributed by atoms with E-state index in [1.54, 1.807) is 6.07 Å². The lowest BCUT2D eigenvalue weighted by Crippen LogP contribution is -2.70. The molecule has 2 N–H and O–H groups in total. The zero-order chi connectivity index (χ0) is 22.3. The number of aryl methyl sites for hydroxylation is 3. The summed E-state index contributed by atoms with van der Waals surface area (Å²) in [4.78, 5) is 38.8. The topological polar surface area (TPSA) is 112 Å². The molecule has 3 heterocycles. The van der Waals surface area contributed by atoms with E-state index < -0.39 is 23.3 Å². The monoisotopic (exact) mass is 476 g/mol. The number of hydrogen-bond donors (Lipinski definition) is 2. The summed E-state index contributed by atoms with van der Waals surface area (Å²) in [5.74, 6) is -0.982. The molecular weight excluding hydrogens is 456 g/mol. The van der Waals surface area contributed by atoms with Crippen molar-refractivity contribution in [3.63, 3.8) is 0 Å². The summed E-state index contributed by atoms with van der Waals surface area (Å²) in [5, 5.41) is 21.0. The molecule has 2 amide bonds. The maximum Gasteiger partial charge on any atom is 0.352 e. The van der Waals surface area contributed by atoms with Crippen LogP contribution in [0.25, 0.3) is 0 Å². The molecule has 162 valence electrons. The summed E-state index contributed by atoms with van der Waals surface area (Å²) in [7, 11) is 0. The van der Waals surface area contributed by atoms with Gasteiger partial charge in [0.1, 0.15) is 22.1 Å². The van der Waals surface area contributed by atoms with Gasteiger partial charge in [-0.2, -0.15) is 0 Å². The van der Waals surface area contributed by atoms with E-state index in [1.807, 2.05) is 32.9 Å². The first-order valence-corrected chi connectivity index (χ1v) is 12.3. The summed E-state index contributed by atoms with van der Waals surface area (Å²) in [5.41, 5.74) is 3.07. The Morgan fingerprint density at radius 1 is 1.29 bits per heavy atom. The van der Waals surface area contributed by atoms with Crippen molar-refractivity contribution >= 4 is 52.6 Å². The first-order valence-electron chi connectivity index (χ1n) is 9.47. The number of amides is 2. The van der Waals surface area contributed by atoms with Crippen molar-refractivity contribution in [1.82, 2.24) is 20.4 Å². The first kappa shape index (κ1) is 21.8. The third-order valence-corrected chi connectivity index (χ3v) is 8.44. The second kappa shape index (κ2) is 8.64. The molecule has 2 atom stereocenters. The Morgan fingerprint density at radius 3 is 2.71 bits per heavy atom. The highest BCUT2D eigenvalue weighted by molar-refractivity contribution is 8.01. The molecular formula is C20H20N4O4S3. The van der Waals surface area contributed by atoms with Gasteiger partial charge in [0.05, 0.1) is 0 Å². The van der Waals surface area contributed by atoms with Crippen molar-refractivity contribution in [3.05, 3.63) is 51.2 Å². The SMILES string of the molecule is Cc1ccc(C(=O)NC2C(=O)N3C(C(=O)O)=C(CSc4nnc(C)s4)CSC23)c(C)c1. The quantitative estimate of drug-likeness (QED) is 0.483.